The zero-order valence-corrected chi connectivity index (χ0v) is 11.5. The van der Waals surface area contributed by atoms with Crippen molar-refractivity contribution in [1.29, 1.82) is 0 Å². The van der Waals surface area contributed by atoms with E-state index in [1.165, 1.54) is 0 Å². The number of nitrogens with one attached hydrogen (secondary N) is 3. The van der Waals surface area contributed by atoms with E-state index in [1.54, 1.807) is 7.05 Å². The Balaban J connectivity index is 2.26. The SMILES string of the molecule is CNC(=S)NCCNCc1cc(C)nnc1Cl. The second kappa shape index (κ2) is 7.37. The number of aromatic nitrogens is 2. The van der Waals surface area contributed by atoms with Crippen molar-refractivity contribution in [2.75, 3.05) is 20.1 Å². The van der Waals surface area contributed by atoms with Gasteiger partial charge >= 0.3 is 0 Å². The van der Waals surface area contributed by atoms with Crippen LogP contribution in [0.2, 0.25) is 5.15 Å². The maximum absolute atomic E-state index is 5.92. The topological polar surface area (TPSA) is 61.9 Å². The van der Waals surface area contributed by atoms with Crippen LogP contribution in [0.15, 0.2) is 6.07 Å². The normalized spacial score (nSPS) is 10.1. The van der Waals surface area contributed by atoms with Crippen LogP contribution in [0.25, 0.3) is 0 Å². The van der Waals surface area contributed by atoms with Gasteiger partial charge in [-0.15, -0.1) is 5.10 Å². The number of thiocarbonyl (C=S) groups is 1. The quantitative estimate of drug-likeness (QED) is 0.540. The molecule has 0 unspecified atom stereocenters. The molecule has 1 heterocycles. The fraction of sp³-hybridized carbons (Fsp3) is 0.500. The summed E-state index contributed by atoms with van der Waals surface area (Å²) in [5, 5.41) is 17.9. The molecule has 17 heavy (non-hydrogen) atoms. The predicted molar refractivity (Wildman–Crippen MR) is 73.1 cm³/mol. The minimum absolute atomic E-state index is 0.446. The Kier molecular flexibility index (Phi) is 6.10. The van der Waals surface area contributed by atoms with Gasteiger partial charge in [-0.2, -0.15) is 5.10 Å². The molecule has 0 radical (unpaired) electrons. The standard InChI is InChI=1S/C10H16ClN5S/c1-7-5-8(9(11)16-15-7)6-13-3-4-14-10(17)12-2/h5,13H,3-4,6H2,1-2H3,(H2,12,14,17). The lowest BCUT2D eigenvalue weighted by Gasteiger charge is -2.08. The molecule has 0 aliphatic carbocycles. The Morgan fingerprint density at radius 3 is 2.88 bits per heavy atom. The van der Waals surface area contributed by atoms with E-state index >= 15 is 0 Å². The molecule has 0 bridgehead atoms. The summed E-state index contributed by atoms with van der Waals surface area (Å²) in [6.45, 7) is 4.11. The summed E-state index contributed by atoms with van der Waals surface area (Å²) in [6.07, 6.45) is 0. The van der Waals surface area contributed by atoms with Gasteiger partial charge in [-0.1, -0.05) is 11.6 Å². The summed E-state index contributed by atoms with van der Waals surface area (Å²) < 4.78 is 0. The van der Waals surface area contributed by atoms with Gasteiger partial charge in [0.25, 0.3) is 0 Å². The molecule has 0 aliphatic rings. The maximum Gasteiger partial charge on any atom is 0.166 e. The van der Waals surface area contributed by atoms with Gasteiger partial charge in [0.05, 0.1) is 5.69 Å². The van der Waals surface area contributed by atoms with Crippen LogP contribution in [-0.4, -0.2) is 35.4 Å². The van der Waals surface area contributed by atoms with Crippen LogP contribution >= 0.6 is 23.8 Å². The Hall–Kier alpha value is -0.980. The van der Waals surface area contributed by atoms with Crippen molar-refractivity contribution >= 4 is 28.9 Å². The van der Waals surface area contributed by atoms with Gasteiger partial charge < -0.3 is 16.0 Å². The highest BCUT2D eigenvalue weighted by atomic mass is 35.5. The monoisotopic (exact) mass is 273 g/mol. The van der Waals surface area contributed by atoms with Crippen molar-refractivity contribution in [3.05, 3.63) is 22.5 Å². The van der Waals surface area contributed by atoms with E-state index in [2.05, 4.69) is 26.1 Å². The third kappa shape index (κ3) is 5.25. The van der Waals surface area contributed by atoms with Gasteiger partial charge in [-0.25, -0.2) is 0 Å². The van der Waals surface area contributed by atoms with Crippen molar-refractivity contribution < 1.29 is 0 Å². The first-order chi connectivity index (χ1) is 8.13. The number of nitrogens with zero attached hydrogens (tertiary/aromatic N) is 2. The highest BCUT2D eigenvalue weighted by Gasteiger charge is 2.02. The number of halogens is 1. The summed E-state index contributed by atoms with van der Waals surface area (Å²) in [6, 6.07) is 1.92. The van der Waals surface area contributed by atoms with Crippen molar-refractivity contribution in [2.45, 2.75) is 13.5 Å². The van der Waals surface area contributed by atoms with Gasteiger partial charge in [0.1, 0.15) is 0 Å². The van der Waals surface area contributed by atoms with Gasteiger partial charge in [0.2, 0.25) is 0 Å². The number of hydrogen-bond acceptors (Lipinski definition) is 4. The fourth-order valence-corrected chi connectivity index (χ4v) is 1.49. The first-order valence-corrected chi connectivity index (χ1v) is 6.07. The van der Waals surface area contributed by atoms with Crippen molar-refractivity contribution in [1.82, 2.24) is 26.1 Å². The Bertz CT molecular complexity index is 385. The second-order valence-corrected chi connectivity index (χ2v) is 4.25. The molecule has 0 saturated heterocycles. The zero-order chi connectivity index (χ0) is 12.7. The highest BCUT2D eigenvalue weighted by molar-refractivity contribution is 7.80. The van der Waals surface area contributed by atoms with E-state index in [-0.39, 0.29) is 0 Å². The molecule has 0 aromatic carbocycles. The van der Waals surface area contributed by atoms with E-state index in [9.17, 15) is 0 Å². The fourth-order valence-electron chi connectivity index (χ4n) is 1.23. The average molecular weight is 274 g/mol. The van der Waals surface area contributed by atoms with Crippen LogP contribution in [0, 0.1) is 6.92 Å². The summed E-state index contributed by atoms with van der Waals surface area (Å²) >= 11 is 10.9. The zero-order valence-electron chi connectivity index (χ0n) is 9.88. The van der Waals surface area contributed by atoms with Crippen molar-refractivity contribution in [3.8, 4) is 0 Å². The van der Waals surface area contributed by atoms with Crippen LogP contribution < -0.4 is 16.0 Å². The molecule has 3 N–H and O–H groups in total. The lowest BCUT2D eigenvalue weighted by molar-refractivity contribution is 0.666. The third-order valence-corrected chi connectivity index (χ3v) is 2.74. The van der Waals surface area contributed by atoms with Crippen LogP contribution in [0.4, 0.5) is 0 Å². The third-order valence-electron chi connectivity index (χ3n) is 2.07. The lowest BCUT2D eigenvalue weighted by atomic mass is 10.2. The molecule has 0 spiro atoms. The van der Waals surface area contributed by atoms with E-state index in [1.807, 2.05) is 13.0 Å². The first kappa shape index (κ1) is 14.1. The summed E-state index contributed by atoms with van der Waals surface area (Å²) in [5.74, 6) is 0. The van der Waals surface area contributed by atoms with Crippen LogP contribution in [0.5, 0.6) is 0 Å². The molecule has 5 nitrogen and oxygen atoms in total. The first-order valence-electron chi connectivity index (χ1n) is 5.28. The van der Waals surface area contributed by atoms with E-state index < -0.39 is 0 Å². The molecule has 1 aromatic rings. The Morgan fingerprint density at radius 1 is 1.41 bits per heavy atom. The number of rotatable bonds is 5. The van der Waals surface area contributed by atoms with Crippen molar-refractivity contribution in [2.24, 2.45) is 0 Å². The van der Waals surface area contributed by atoms with E-state index in [0.29, 0.717) is 16.8 Å². The Morgan fingerprint density at radius 2 is 2.18 bits per heavy atom. The molecule has 7 heteroatoms. The van der Waals surface area contributed by atoms with Gasteiger partial charge in [0.15, 0.2) is 10.3 Å². The minimum Gasteiger partial charge on any atom is -0.366 e. The molecule has 1 rings (SSSR count). The van der Waals surface area contributed by atoms with Crippen LogP contribution in [-0.2, 0) is 6.54 Å². The highest BCUT2D eigenvalue weighted by Crippen LogP contribution is 2.11. The molecule has 94 valence electrons. The smallest absolute Gasteiger partial charge is 0.166 e. The van der Waals surface area contributed by atoms with Gasteiger partial charge in [0, 0.05) is 32.2 Å². The second-order valence-electron chi connectivity index (χ2n) is 3.48. The van der Waals surface area contributed by atoms with Crippen LogP contribution in [0.1, 0.15) is 11.3 Å². The average Bonchev–Trinajstić information content (AvgIpc) is 2.32. The van der Waals surface area contributed by atoms with E-state index in [0.717, 1.165) is 24.3 Å². The lowest BCUT2D eigenvalue weighted by Crippen LogP contribution is -2.37. The molecular formula is C10H16ClN5S. The molecule has 0 amide bonds. The Labute approximate surface area is 111 Å². The molecule has 0 fully saturated rings. The molecular weight excluding hydrogens is 258 g/mol. The minimum atomic E-state index is 0.446. The number of hydrogen-bond donors (Lipinski definition) is 3. The number of aryl methyl sites for hydroxylation is 1. The molecule has 0 atom stereocenters. The molecule has 1 aromatic heterocycles. The molecule has 0 saturated carbocycles. The summed E-state index contributed by atoms with van der Waals surface area (Å²) in [7, 11) is 1.79. The van der Waals surface area contributed by atoms with E-state index in [4.69, 9.17) is 23.8 Å². The maximum atomic E-state index is 5.92. The summed E-state index contributed by atoms with van der Waals surface area (Å²) in [4.78, 5) is 0. The van der Waals surface area contributed by atoms with Crippen molar-refractivity contribution in [3.63, 3.8) is 0 Å². The van der Waals surface area contributed by atoms with Crippen LogP contribution in [0.3, 0.4) is 0 Å². The summed E-state index contributed by atoms with van der Waals surface area (Å²) in [5.41, 5.74) is 1.82. The predicted octanol–water partition coefficient (Wildman–Crippen LogP) is 0.622. The van der Waals surface area contributed by atoms with Gasteiger partial charge in [-0.3, -0.25) is 0 Å². The van der Waals surface area contributed by atoms with Gasteiger partial charge in [-0.05, 0) is 25.2 Å². The molecule has 0 aliphatic heterocycles. The largest absolute Gasteiger partial charge is 0.366 e.